The normalized spacial score (nSPS) is 11.6. The zero-order valence-electron chi connectivity index (χ0n) is 14.2. The number of likely N-dealkylation sites (N-methyl/N-ethyl adjacent to an activating group) is 1. The Labute approximate surface area is 147 Å². The van der Waals surface area contributed by atoms with Crippen molar-refractivity contribution in [1.29, 1.82) is 0 Å². The van der Waals surface area contributed by atoms with E-state index in [-0.39, 0.29) is 25.0 Å². The lowest BCUT2D eigenvalue weighted by Crippen LogP contribution is -2.46. The Kier molecular flexibility index (Phi) is 7.13. The first kappa shape index (κ1) is 18.6. The van der Waals surface area contributed by atoms with Crippen molar-refractivity contribution in [2.75, 3.05) is 18.9 Å². The van der Waals surface area contributed by atoms with E-state index < -0.39 is 6.04 Å². The fourth-order valence-electron chi connectivity index (χ4n) is 2.36. The number of benzene rings is 2. The van der Waals surface area contributed by atoms with Crippen molar-refractivity contribution >= 4 is 17.5 Å². The van der Waals surface area contributed by atoms with Gasteiger partial charge in [-0.2, -0.15) is 0 Å². The Hall–Kier alpha value is -2.70. The van der Waals surface area contributed by atoms with Crippen LogP contribution in [-0.2, 0) is 22.6 Å². The lowest BCUT2D eigenvalue weighted by Gasteiger charge is -2.16. The highest BCUT2D eigenvalue weighted by atomic mass is 16.3. The van der Waals surface area contributed by atoms with Crippen LogP contribution in [0.4, 0.5) is 5.69 Å². The van der Waals surface area contributed by atoms with Crippen LogP contribution in [0, 0.1) is 0 Å². The van der Waals surface area contributed by atoms with Gasteiger partial charge in [0.1, 0.15) is 0 Å². The number of amides is 2. The number of rotatable bonds is 8. The SMILES string of the molecule is CN[C@@H](Cc1ccccc1)C(=O)NCC(=O)Nc1ccc(CO)cc1. The third-order valence-corrected chi connectivity index (χ3v) is 3.79. The van der Waals surface area contributed by atoms with Crippen LogP contribution in [0.15, 0.2) is 54.6 Å². The van der Waals surface area contributed by atoms with Gasteiger partial charge in [0.05, 0.1) is 19.2 Å². The molecular weight excluding hydrogens is 318 g/mol. The molecule has 132 valence electrons. The predicted molar refractivity (Wildman–Crippen MR) is 97.0 cm³/mol. The lowest BCUT2D eigenvalue weighted by molar-refractivity contribution is -0.125. The number of hydrogen-bond donors (Lipinski definition) is 4. The minimum atomic E-state index is -0.404. The average molecular weight is 341 g/mol. The first-order valence-electron chi connectivity index (χ1n) is 8.11. The van der Waals surface area contributed by atoms with Gasteiger partial charge in [-0.15, -0.1) is 0 Å². The van der Waals surface area contributed by atoms with Gasteiger partial charge in [0.2, 0.25) is 11.8 Å². The third-order valence-electron chi connectivity index (χ3n) is 3.79. The predicted octanol–water partition coefficient (Wildman–Crippen LogP) is 1.06. The summed E-state index contributed by atoms with van der Waals surface area (Å²) < 4.78 is 0. The summed E-state index contributed by atoms with van der Waals surface area (Å²) in [5.41, 5.74) is 2.43. The van der Waals surface area contributed by atoms with Crippen molar-refractivity contribution in [2.45, 2.75) is 19.1 Å². The van der Waals surface area contributed by atoms with E-state index in [4.69, 9.17) is 5.11 Å². The summed E-state index contributed by atoms with van der Waals surface area (Å²) >= 11 is 0. The molecule has 0 fully saturated rings. The largest absolute Gasteiger partial charge is 0.392 e. The molecule has 0 radical (unpaired) electrons. The molecule has 0 aliphatic carbocycles. The lowest BCUT2D eigenvalue weighted by atomic mass is 10.1. The number of aliphatic hydroxyl groups excluding tert-OH is 1. The number of anilines is 1. The molecule has 6 heteroatoms. The summed E-state index contributed by atoms with van der Waals surface area (Å²) in [4.78, 5) is 24.2. The van der Waals surface area contributed by atoms with Crippen molar-refractivity contribution in [3.05, 3.63) is 65.7 Å². The van der Waals surface area contributed by atoms with Gasteiger partial charge in [-0.3, -0.25) is 9.59 Å². The van der Waals surface area contributed by atoms with Crippen molar-refractivity contribution < 1.29 is 14.7 Å². The summed E-state index contributed by atoms with van der Waals surface area (Å²) in [6.07, 6.45) is 0.549. The minimum Gasteiger partial charge on any atom is -0.392 e. The molecule has 0 heterocycles. The quantitative estimate of drug-likeness (QED) is 0.578. The second-order valence-corrected chi connectivity index (χ2v) is 5.65. The molecule has 0 saturated heterocycles. The summed E-state index contributed by atoms with van der Waals surface area (Å²) in [5, 5.41) is 17.3. The second-order valence-electron chi connectivity index (χ2n) is 5.65. The molecule has 0 aromatic heterocycles. The summed E-state index contributed by atoms with van der Waals surface area (Å²) in [6.45, 7) is -0.148. The van der Waals surface area contributed by atoms with E-state index in [9.17, 15) is 9.59 Å². The maximum Gasteiger partial charge on any atom is 0.243 e. The Balaban J connectivity index is 1.81. The van der Waals surface area contributed by atoms with Gasteiger partial charge >= 0.3 is 0 Å². The molecule has 25 heavy (non-hydrogen) atoms. The molecule has 2 amide bonds. The van der Waals surface area contributed by atoms with Crippen LogP contribution in [0.3, 0.4) is 0 Å². The van der Waals surface area contributed by atoms with Gasteiger partial charge in [0.15, 0.2) is 0 Å². The molecule has 2 rings (SSSR count). The standard InChI is InChI=1S/C19H23N3O3/c1-20-17(11-14-5-3-2-4-6-14)19(25)21-12-18(24)22-16-9-7-15(13-23)8-10-16/h2-10,17,20,23H,11-13H2,1H3,(H,21,25)(H,22,24)/t17-/m0/s1. The minimum absolute atomic E-state index is 0.0445. The van der Waals surface area contributed by atoms with E-state index in [0.717, 1.165) is 11.1 Å². The van der Waals surface area contributed by atoms with Crippen LogP contribution in [0.1, 0.15) is 11.1 Å². The van der Waals surface area contributed by atoms with Gasteiger partial charge in [-0.25, -0.2) is 0 Å². The smallest absolute Gasteiger partial charge is 0.243 e. The maximum absolute atomic E-state index is 12.2. The highest BCUT2D eigenvalue weighted by Gasteiger charge is 2.17. The van der Waals surface area contributed by atoms with Gasteiger partial charge in [-0.05, 0) is 36.7 Å². The Morgan fingerprint density at radius 2 is 1.68 bits per heavy atom. The summed E-state index contributed by atoms with van der Waals surface area (Å²) in [6, 6.07) is 16.2. The molecule has 0 unspecified atom stereocenters. The fraction of sp³-hybridized carbons (Fsp3) is 0.263. The van der Waals surface area contributed by atoms with Crippen molar-refractivity contribution in [3.63, 3.8) is 0 Å². The van der Waals surface area contributed by atoms with Crippen LogP contribution < -0.4 is 16.0 Å². The van der Waals surface area contributed by atoms with Crippen LogP contribution in [-0.4, -0.2) is 36.6 Å². The molecule has 0 saturated carbocycles. The molecule has 4 N–H and O–H groups in total. The molecule has 2 aromatic rings. The van der Waals surface area contributed by atoms with Crippen LogP contribution in [0.5, 0.6) is 0 Å². The topological polar surface area (TPSA) is 90.5 Å². The highest BCUT2D eigenvalue weighted by Crippen LogP contribution is 2.09. The summed E-state index contributed by atoms with van der Waals surface area (Å²) in [7, 11) is 1.72. The maximum atomic E-state index is 12.2. The molecule has 0 spiro atoms. The molecule has 0 bridgehead atoms. The zero-order chi connectivity index (χ0) is 18.1. The monoisotopic (exact) mass is 341 g/mol. The van der Waals surface area contributed by atoms with Gasteiger partial charge in [-0.1, -0.05) is 42.5 Å². The third kappa shape index (κ3) is 6.02. The van der Waals surface area contributed by atoms with Gasteiger partial charge in [0.25, 0.3) is 0 Å². The number of carbonyl (C=O) groups is 2. The Morgan fingerprint density at radius 3 is 2.28 bits per heavy atom. The molecule has 2 aromatic carbocycles. The molecule has 0 aliphatic rings. The van der Waals surface area contributed by atoms with Gasteiger partial charge < -0.3 is 21.1 Å². The zero-order valence-corrected chi connectivity index (χ0v) is 14.2. The van der Waals surface area contributed by atoms with E-state index in [1.807, 2.05) is 30.3 Å². The molecule has 0 aliphatic heterocycles. The molecule has 6 nitrogen and oxygen atoms in total. The van der Waals surface area contributed by atoms with E-state index in [1.165, 1.54) is 0 Å². The number of hydrogen-bond acceptors (Lipinski definition) is 4. The number of carbonyl (C=O) groups excluding carboxylic acids is 2. The summed E-state index contributed by atoms with van der Waals surface area (Å²) in [5.74, 6) is -0.531. The number of nitrogens with one attached hydrogen (secondary N) is 3. The second kappa shape index (κ2) is 9.56. The van der Waals surface area contributed by atoms with Crippen LogP contribution >= 0.6 is 0 Å². The average Bonchev–Trinajstić information content (AvgIpc) is 2.65. The van der Waals surface area contributed by atoms with E-state index >= 15 is 0 Å². The van der Waals surface area contributed by atoms with Crippen LogP contribution in [0.25, 0.3) is 0 Å². The molecule has 1 atom stereocenters. The Morgan fingerprint density at radius 1 is 1.00 bits per heavy atom. The van der Waals surface area contributed by atoms with Crippen molar-refractivity contribution in [1.82, 2.24) is 10.6 Å². The van der Waals surface area contributed by atoms with E-state index in [0.29, 0.717) is 12.1 Å². The molecular formula is C19H23N3O3. The highest BCUT2D eigenvalue weighted by molar-refractivity contribution is 5.95. The van der Waals surface area contributed by atoms with Crippen molar-refractivity contribution in [3.8, 4) is 0 Å². The first-order valence-corrected chi connectivity index (χ1v) is 8.11. The number of aliphatic hydroxyl groups is 1. The van der Waals surface area contributed by atoms with E-state index in [1.54, 1.807) is 31.3 Å². The first-order chi connectivity index (χ1) is 12.1. The van der Waals surface area contributed by atoms with E-state index in [2.05, 4.69) is 16.0 Å². The van der Waals surface area contributed by atoms with Crippen LogP contribution in [0.2, 0.25) is 0 Å². The van der Waals surface area contributed by atoms with Gasteiger partial charge in [0, 0.05) is 5.69 Å². The van der Waals surface area contributed by atoms with Crippen molar-refractivity contribution in [2.24, 2.45) is 0 Å². The fourth-order valence-corrected chi connectivity index (χ4v) is 2.36. The Bertz CT molecular complexity index is 687.